The molecule has 6 heteroatoms. The van der Waals surface area contributed by atoms with Gasteiger partial charge in [0.15, 0.2) is 0 Å². The molecular weight excluding hydrogens is 446 g/mol. The van der Waals surface area contributed by atoms with Crippen LogP contribution >= 0.6 is 11.3 Å². The number of carbonyl (C=O) groups is 1. The molecule has 0 aliphatic carbocycles. The third-order valence-corrected chi connectivity index (χ3v) is 7.33. The van der Waals surface area contributed by atoms with E-state index in [1.807, 2.05) is 62.4 Å². The van der Waals surface area contributed by atoms with Crippen LogP contribution in [0.2, 0.25) is 0 Å². The number of aromatic nitrogens is 1. The molecule has 0 aliphatic rings. The zero-order valence-electron chi connectivity index (χ0n) is 18.8. The van der Waals surface area contributed by atoms with Crippen molar-refractivity contribution in [2.45, 2.75) is 20.0 Å². The standard InChI is InChI=1S/C28H23NO4S/c1-16-12-13-22(33-23(15-30)18-8-4-3-5-9-18)25-20(28(31)32)14-21(29-26(16)25)27-17(2)19-10-6-7-11-24(19)34-27/h3-14,23,30H,15H2,1-2H3,(H,31,32)/t23-/m0/s1. The molecule has 1 atom stereocenters. The second kappa shape index (κ2) is 8.89. The lowest BCUT2D eigenvalue weighted by Crippen LogP contribution is -2.13. The number of carboxylic acid groups (broad SMARTS) is 1. The van der Waals surface area contributed by atoms with Gasteiger partial charge in [-0.2, -0.15) is 0 Å². The Balaban J connectivity index is 1.70. The zero-order valence-corrected chi connectivity index (χ0v) is 19.6. The van der Waals surface area contributed by atoms with Gasteiger partial charge in [-0.1, -0.05) is 54.6 Å². The van der Waals surface area contributed by atoms with E-state index < -0.39 is 12.1 Å². The molecule has 0 aliphatic heterocycles. The van der Waals surface area contributed by atoms with E-state index in [0.717, 1.165) is 31.7 Å². The van der Waals surface area contributed by atoms with Crippen LogP contribution in [0.25, 0.3) is 31.6 Å². The van der Waals surface area contributed by atoms with Gasteiger partial charge in [0.25, 0.3) is 0 Å². The molecule has 5 aromatic rings. The summed E-state index contributed by atoms with van der Waals surface area (Å²) in [7, 11) is 0. The number of aryl methyl sites for hydroxylation is 2. The van der Waals surface area contributed by atoms with E-state index in [1.54, 1.807) is 23.5 Å². The Labute approximate surface area is 200 Å². The van der Waals surface area contributed by atoms with Gasteiger partial charge < -0.3 is 14.9 Å². The summed E-state index contributed by atoms with van der Waals surface area (Å²) < 4.78 is 7.31. The number of hydrogen-bond donors (Lipinski definition) is 2. The van der Waals surface area contributed by atoms with Gasteiger partial charge in [-0.25, -0.2) is 9.78 Å². The molecule has 0 unspecified atom stereocenters. The van der Waals surface area contributed by atoms with Crippen LogP contribution in [0.15, 0.2) is 72.8 Å². The molecular formula is C28H23NO4S. The molecule has 2 heterocycles. The maximum atomic E-state index is 12.4. The number of fused-ring (bicyclic) bond motifs is 2. The number of nitrogens with zero attached hydrogens (tertiary/aromatic N) is 1. The molecule has 2 N–H and O–H groups in total. The van der Waals surface area contributed by atoms with E-state index in [2.05, 4.69) is 12.1 Å². The van der Waals surface area contributed by atoms with Crippen molar-refractivity contribution >= 4 is 38.3 Å². The third kappa shape index (κ3) is 3.81. The topological polar surface area (TPSA) is 79.7 Å². The van der Waals surface area contributed by atoms with Crippen molar-refractivity contribution in [2.24, 2.45) is 0 Å². The van der Waals surface area contributed by atoms with E-state index in [0.29, 0.717) is 22.3 Å². The summed E-state index contributed by atoms with van der Waals surface area (Å²) in [5.74, 6) is -0.670. The number of carboxylic acids is 1. The molecule has 0 bridgehead atoms. The molecule has 0 spiro atoms. The van der Waals surface area contributed by atoms with Crippen LogP contribution in [0, 0.1) is 13.8 Å². The number of ether oxygens (including phenoxy) is 1. The molecule has 0 radical (unpaired) electrons. The maximum Gasteiger partial charge on any atom is 0.336 e. The summed E-state index contributed by atoms with van der Waals surface area (Å²) in [6.45, 7) is 3.71. The van der Waals surface area contributed by atoms with Crippen LogP contribution in [0.3, 0.4) is 0 Å². The van der Waals surface area contributed by atoms with Crippen LogP contribution in [0.4, 0.5) is 0 Å². The first-order chi connectivity index (χ1) is 16.5. The third-order valence-electron chi connectivity index (χ3n) is 6.04. The number of pyridine rings is 1. The van der Waals surface area contributed by atoms with Gasteiger partial charge in [-0.3, -0.25) is 0 Å². The quantitative estimate of drug-likeness (QED) is 0.295. The first-order valence-corrected chi connectivity index (χ1v) is 11.8. The lowest BCUT2D eigenvalue weighted by molar-refractivity contribution is 0.0698. The summed E-state index contributed by atoms with van der Waals surface area (Å²) in [6, 6.07) is 22.8. The minimum atomic E-state index is -1.05. The van der Waals surface area contributed by atoms with Gasteiger partial charge >= 0.3 is 5.97 Å². The molecule has 0 saturated carbocycles. The minimum Gasteiger partial charge on any atom is -0.483 e. The molecule has 34 heavy (non-hydrogen) atoms. The molecule has 0 fully saturated rings. The zero-order chi connectivity index (χ0) is 23.8. The predicted octanol–water partition coefficient (Wildman–Crippen LogP) is 6.54. The van der Waals surface area contributed by atoms with Gasteiger partial charge in [0.2, 0.25) is 0 Å². The molecule has 170 valence electrons. The highest BCUT2D eigenvalue weighted by atomic mass is 32.1. The minimum absolute atomic E-state index is 0.125. The second-order valence-electron chi connectivity index (χ2n) is 8.22. The van der Waals surface area contributed by atoms with Crippen molar-refractivity contribution in [3.05, 3.63) is 95.1 Å². The number of rotatable bonds is 6. The van der Waals surface area contributed by atoms with Gasteiger partial charge in [0, 0.05) is 4.70 Å². The van der Waals surface area contributed by atoms with Gasteiger partial charge in [0.05, 0.1) is 33.6 Å². The Morgan fingerprint density at radius 3 is 2.47 bits per heavy atom. The van der Waals surface area contributed by atoms with Crippen LogP contribution in [-0.2, 0) is 0 Å². The summed E-state index contributed by atoms with van der Waals surface area (Å²) in [4.78, 5) is 18.3. The fourth-order valence-electron chi connectivity index (χ4n) is 4.28. The Kier molecular flexibility index (Phi) is 5.77. The first kappa shape index (κ1) is 22.1. The normalized spacial score (nSPS) is 12.2. The average molecular weight is 470 g/mol. The smallest absolute Gasteiger partial charge is 0.336 e. The fraction of sp³-hybridized carbons (Fsp3) is 0.143. The fourth-order valence-corrected chi connectivity index (χ4v) is 5.45. The highest BCUT2D eigenvalue weighted by Gasteiger charge is 2.22. The molecule has 0 saturated heterocycles. The van der Waals surface area contributed by atoms with E-state index in [-0.39, 0.29) is 12.2 Å². The molecule has 2 aromatic heterocycles. The average Bonchev–Trinajstić information content (AvgIpc) is 3.20. The largest absolute Gasteiger partial charge is 0.483 e. The number of aliphatic hydroxyl groups is 1. The maximum absolute atomic E-state index is 12.4. The molecule has 5 nitrogen and oxygen atoms in total. The van der Waals surface area contributed by atoms with Crippen molar-refractivity contribution < 1.29 is 19.7 Å². The summed E-state index contributed by atoms with van der Waals surface area (Å²) in [5.41, 5.74) is 4.07. The van der Waals surface area contributed by atoms with Crippen molar-refractivity contribution in [2.75, 3.05) is 6.61 Å². The lowest BCUT2D eigenvalue weighted by atomic mass is 10.0. The Morgan fingerprint density at radius 2 is 1.76 bits per heavy atom. The Hall–Kier alpha value is -3.74. The van der Waals surface area contributed by atoms with E-state index >= 15 is 0 Å². The van der Waals surface area contributed by atoms with Gasteiger partial charge in [0.1, 0.15) is 11.9 Å². The van der Waals surface area contributed by atoms with Crippen molar-refractivity contribution in [1.29, 1.82) is 0 Å². The SMILES string of the molecule is Cc1c(-c2cc(C(=O)O)c3c(O[C@@H](CO)c4ccccc4)ccc(C)c3n2)sc2ccccc12. The van der Waals surface area contributed by atoms with Crippen molar-refractivity contribution in [3.8, 4) is 16.3 Å². The second-order valence-corrected chi connectivity index (χ2v) is 9.27. The Morgan fingerprint density at radius 1 is 1.03 bits per heavy atom. The number of benzene rings is 3. The van der Waals surface area contributed by atoms with Crippen LogP contribution < -0.4 is 4.74 Å². The Bertz CT molecular complexity index is 1520. The number of thiophene rings is 1. The predicted molar refractivity (Wildman–Crippen MR) is 136 cm³/mol. The molecule has 3 aromatic carbocycles. The summed E-state index contributed by atoms with van der Waals surface area (Å²) >= 11 is 1.61. The van der Waals surface area contributed by atoms with E-state index in [9.17, 15) is 15.0 Å². The summed E-state index contributed by atoms with van der Waals surface area (Å²) in [5, 5.41) is 21.7. The van der Waals surface area contributed by atoms with E-state index in [1.165, 1.54) is 0 Å². The first-order valence-electron chi connectivity index (χ1n) is 11.0. The molecule has 0 amide bonds. The van der Waals surface area contributed by atoms with Crippen molar-refractivity contribution in [1.82, 2.24) is 4.98 Å². The number of hydrogen-bond acceptors (Lipinski definition) is 5. The van der Waals surface area contributed by atoms with E-state index in [4.69, 9.17) is 9.72 Å². The summed E-state index contributed by atoms with van der Waals surface area (Å²) in [6.07, 6.45) is -0.627. The number of aromatic carboxylic acids is 1. The van der Waals surface area contributed by atoms with Crippen molar-refractivity contribution in [3.63, 3.8) is 0 Å². The van der Waals surface area contributed by atoms with Crippen LogP contribution in [0.5, 0.6) is 5.75 Å². The number of aliphatic hydroxyl groups excluding tert-OH is 1. The van der Waals surface area contributed by atoms with Crippen LogP contribution in [-0.4, -0.2) is 27.8 Å². The lowest BCUT2D eigenvalue weighted by Gasteiger charge is -2.20. The van der Waals surface area contributed by atoms with Crippen LogP contribution in [0.1, 0.15) is 33.2 Å². The van der Waals surface area contributed by atoms with Gasteiger partial charge in [-0.05, 0) is 54.1 Å². The highest BCUT2D eigenvalue weighted by molar-refractivity contribution is 7.22. The van der Waals surface area contributed by atoms with Gasteiger partial charge in [-0.15, -0.1) is 11.3 Å². The molecule has 5 rings (SSSR count). The monoisotopic (exact) mass is 469 g/mol. The highest BCUT2D eigenvalue weighted by Crippen LogP contribution is 2.40.